The molecule has 6 heteroatoms. The van der Waals surface area contributed by atoms with Gasteiger partial charge in [0.15, 0.2) is 0 Å². The first-order chi connectivity index (χ1) is 9.33. The SMILES string of the molecule is Cl.O=C(NC1CCCC1)c1ccn(C2CCCNC2)n1. The molecular weight excluding hydrogens is 276 g/mol. The van der Waals surface area contributed by atoms with Gasteiger partial charge in [-0.05, 0) is 38.3 Å². The third-order valence-electron chi connectivity index (χ3n) is 4.18. The molecule has 2 aliphatic rings. The number of carbonyl (C=O) groups is 1. The lowest BCUT2D eigenvalue weighted by atomic mass is 10.1. The van der Waals surface area contributed by atoms with Crippen LogP contribution in [-0.4, -0.2) is 34.8 Å². The second-order valence-corrected chi connectivity index (χ2v) is 5.64. The number of amides is 1. The van der Waals surface area contributed by atoms with Crippen LogP contribution in [0.1, 0.15) is 55.1 Å². The molecule has 5 nitrogen and oxygen atoms in total. The number of aromatic nitrogens is 2. The smallest absolute Gasteiger partial charge is 0.271 e. The molecule has 1 unspecified atom stereocenters. The second-order valence-electron chi connectivity index (χ2n) is 5.64. The highest BCUT2D eigenvalue weighted by Gasteiger charge is 2.21. The Labute approximate surface area is 125 Å². The second kappa shape index (κ2) is 7.09. The van der Waals surface area contributed by atoms with E-state index in [2.05, 4.69) is 15.7 Å². The van der Waals surface area contributed by atoms with E-state index in [0.717, 1.165) is 32.4 Å². The number of nitrogens with one attached hydrogen (secondary N) is 2. The van der Waals surface area contributed by atoms with Crippen LogP contribution in [0.3, 0.4) is 0 Å². The van der Waals surface area contributed by atoms with Crippen molar-refractivity contribution in [3.8, 4) is 0 Å². The zero-order valence-electron chi connectivity index (χ0n) is 11.7. The summed E-state index contributed by atoms with van der Waals surface area (Å²) >= 11 is 0. The maximum atomic E-state index is 12.1. The lowest BCUT2D eigenvalue weighted by Gasteiger charge is -2.22. The minimum atomic E-state index is -0.0191. The van der Waals surface area contributed by atoms with Crippen LogP contribution in [0.15, 0.2) is 12.3 Å². The van der Waals surface area contributed by atoms with Gasteiger partial charge in [0.2, 0.25) is 0 Å². The molecule has 2 fully saturated rings. The summed E-state index contributed by atoms with van der Waals surface area (Å²) in [4.78, 5) is 12.1. The summed E-state index contributed by atoms with van der Waals surface area (Å²) in [5.74, 6) is -0.0191. The van der Waals surface area contributed by atoms with E-state index in [1.807, 2.05) is 16.9 Å². The van der Waals surface area contributed by atoms with Crippen LogP contribution in [0.5, 0.6) is 0 Å². The Hall–Kier alpha value is -1.07. The predicted molar refractivity (Wildman–Crippen MR) is 80.3 cm³/mol. The van der Waals surface area contributed by atoms with Crippen molar-refractivity contribution in [3.63, 3.8) is 0 Å². The van der Waals surface area contributed by atoms with Crippen LogP contribution < -0.4 is 10.6 Å². The molecule has 20 heavy (non-hydrogen) atoms. The maximum absolute atomic E-state index is 12.1. The van der Waals surface area contributed by atoms with Crippen molar-refractivity contribution in [2.45, 2.75) is 50.6 Å². The molecule has 1 aliphatic carbocycles. The zero-order chi connectivity index (χ0) is 13.1. The van der Waals surface area contributed by atoms with Crippen LogP contribution in [-0.2, 0) is 0 Å². The number of piperidine rings is 1. The van der Waals surface area contributed by atoms with E-state index in [-0.39, 0.29) is 18.3 Å². The van der Waals surface area contributed by atoms with Gasteiger partial charge >= 0.3 is 0 Å². The summed E-state index contributed by atoms with van der Waals surface area (Å²) in [6.07, 6.45) is 8.92. The molecular formula is C14H23ClN4O. The van der Waals surface area contributed by atoms with Crippen molar-refractivity contribution in [2.75, 3.05) is 13.1 Å². The first-order valence-electron chi connectivity index (χ1n) is 7.39. The van der Waals surface area contributed by atoms with E-state index in [4.69, 9.17) is 0 Å². The van der Waals surface area contributed by atoms with Crippen molar-refractivity contribution in [1.82, 2.24) is 20.4 Å². The van der Waals surface area contributed by atoms with Crippen LogP contribution in [0.2, 0.25) is 0 Å². The fraction of sp³-hybridized carbons (Fsp3) is 0.714. The summed E-state index contributed by atoms with van der Waals surface area (Å²) in [5.41, 5.74) is 0.553. The Balaban J connectivity index is 0.00000147. The lowest BCUT2D eigenvalue weighted by molar-refractivity contribution is 0.0931. The topological polar surface area (TPSA) is 59.0 Å². The average Bonchev–Trinajstić information content (AvgIpc) is 3.10. The number of halogens is 1. The predicted octanol–water partition coefficient (Wildman–Crippen LogP) is 1.90. The van der Waals surface area contributed by atoms with E-state index < -0.39 is 0 Å². The van der Waals surface area contributed by atoms with Gasteiger partial charge in [-0.25, -0.2) is 0 Å². The van der Waals surface area contributed by atoms with Gasteiger partial charge in [0.1, 0.15) is 5.69 Å². The number of carbonyl (C=O) groups excluding carboxylic acids is 1. The Morgan fingerprint density at radius 2 is 2.10 bits per heavy atom. The quantitative estimate of drug-likeness (QED) is 0.896. The number of hydrogen-bond donors (Lipinski definition) is 2. The summed E-state index contributed by atoms with van der Waals surface area (Å²) in [6, 6.07) is 2.58. The average molecular weight is 299 g/mol. The number of hydrogen-bond acceptors (Lipinski definition) is 3. The molecule has 0 aromatic carbocycles. The van der Waals surface area contributed by atoms with E-state index in [1.54, 1.807) is 0 Å². The molecule has 1 atom stereocenters. The fourth-order valence-corrected chi connectivity index (χ4v) is 3.05. The monoisotopic (exact) mass is 298 g/mol. The molecule has 1 aliphatic heterocycles. The first kappa shape index (κ1) is 15.3. The van der Waals surface area contributed by atoms with Crippen LogP contribution in [0, 0.1) is 0 Å². The largest absolute Gasteiger partial charge is 0.348 e. The van der Waals surface area contributed by atoms with Crippen molar-refractivity contribution < 1.29 is 4.79 Å². The molecule has 0 bridgehead atoms. The Kier molecular flexibility index (Phi) is 5.43. The van der Waals surface area contributed by atoms with Crippen LogP contribution in [0.25, 0.3) is 0 Å². The van der Waals surface area contributed by atoms with Gasteiger partial charge in [0.25, 0.3) is 5.91 Å². The molecule has 2 N–H and O–H groups in total. The molecule has 1 aromatic heterocycles. The maximum Gasteiger partial charge on any atom is 0.271 e. The van der Waals surface area contributed by atoms with Gasteiger partial charge in [-0.15, -0.1) is 12.4 Å². The highest BCUT2D eigenvalue weighted by atomic mass is 35.5. The van der Waals surface area contributed by atoms with E-state index >= 15 is 0 Å². The van der Waals surface area contributed by atoms with Crippen LogP contribution >= 0.6 is 12.4 Å². The molecule has 0 spiro atoms. The molecule has 1 aromatic rings. The van der Waals surface area contributed by atoms with E-state index in [9.17, 15) is 4.79 Å². The van der Waals surface area contributed by atoms with Gasteiger partial charge < -0.3 is 10.6 Å². The molecule has 1 saturated heterocycles. The summed E-state index contributed by atoms with van der Waals surface area (Å²) in [5, 5.41) is 10.9. The Morgan fingerprint density at radius 3 is 2.80 bits per heavy atom. The normalized spacial score (nSPS) is 23.3. The van der Waals surface area contributed by atoms with Crippen molar-refractivity contribution in [3.05, 3.63) is 18.0 Å². The highest BCUT2D eigenvalue weighted by Crippen LogP contribution is 2.19. The van der Waals surface area contributed by atoms with Crippen LogP contribution in [0.4, 0.5) is 0 Å². The van der Waals surface area contributed by atoms with Crippen molar-refractivity contribution in [2.24, 2.45) is 0 Å². The Bertz CT molecular complexity index is 436. The Morgan fingerprint density at radius 1 is 1.30 bits per heavy atom. The van der Waals surface area contributed by atoms with Gasteiger partial charge in [-0.3, -0.25) is 9.48 Å². The third kappa shape index (κ3) is 3.52. The number of nitrogens with zero attached hydrogens (tertiary/aromatic N) is 2. The highest BCUT2D eigenvalue weighted by molar-refractivity contribution is 5.92. The fourth-order valence-electron chi connectivity index (χ4n) is 3.05. The minimum Gasteiger partial charge on any atom is -0.348 e. The third-order valence-corrected chi connectivity index (χ3v) is 4.18. The lowest BCUT2D eigenvalue weighted by Crippen LogP contribution is -2.34. The van der Waals surface area contributed by atoms with Gasteiger partial charge in [-0.1, -0.05) is 12.8 Å². The van der Waals surface area contributed by atoms with Crippen molar-refractivity contribution in [1.29, 1.82) is 0 Å². The molecule has 2 heterocycles. The molecule has 112 valence electrons. The first-order valence-corrected chi connectivity index (χ1v) is 7.39. The van der Waals surface area contributed by atoms with Gasteiger partial charge in [0.05, 0.1) is 6.04 Å². The molecule has 1 amide bonds. The standard InChI is InChI=1S/C14H22N4O.ClH/c19-14(16-11-4-1-2-5-11)13-7-9-18(17-13)12-6-3-8-15-10-12;/h7,9,11-12,15H,1-6,8,10H2,(H,16,19);1H. The summed E-state index contributed by atoms with van der Waals surface area (Å²) in [6.45, 7) is 2.04. The van der Waals surface area contributed by atoms with E-state index in [1.165, 1.54) is 19.3 Å². The van der Waals surface area contributed by atoms with Crippen molar-refractivity contribution >= 4 is 18.3 Å². The van der Waals surface area contributed by atoms with E-state index in [0.29, 0.717) is 17.8 Å². The molecule has 3 rings (SSSR count). The molecule has 1 saturated carbocycles. The van der Waals surface area contributed by atoms with Gasteiger partial charge in [-0.2, -0.15) is 5.10 Å². The summed E-state index contributed by atoms with van der Waals surface area (Å²) < 4.78 is 1.94. The molecule has 0 radical (unpaired) electrons. The zero-order valence-corrected chi connectivity index (χ0v) is 12.5. The summed E-state index contributed by atoms with van der Waals surface area (Å²) in [7, 11) is 0. The van der Waals surface area contributed by atoms with Gasteiger partial charge in [0, 0.05) is 18.8 Å². The minimum absolute atomic E-state index is 0. The number of rotatable bonds is 3.